The summed E-state index contributed by atoms with van der Waals surface area (Å²) in [7, 11) is 0. The number of carbonyl (C=O) groups is 1. The van der Waals surface area contributed by atoms with Gasteiger partial charge in [-0.1, -0.05) is 37.7 Å². The topological polar surface area (TPSA) is 47.4 Å². The minimum atomic E-state index is 0.0918. The molecular formula is C20H27N3O2S. The van der Waals surface area contributed by atoms with Crippen molar-refractivity contribution < 1.29 is 9.53 Å². The van der Waals surface area contributed by atoms with Gasteiger partial charge in [0.1, 0.15) is 0 Å². The van der Waals surface area contributed by atoms with Gasteiger partial charge in [0.15, 0.2) is 5.16 Å². The van der Waals surface area contributed by atoms with Crippen LogP contribution in [0.25, 0.3) is 5.69 Å². The lowest BCUT2D eigenvalue weighted by Gasteiger charge is -2.35. The maximum Gasteiger partial charge on any atom is 0.233 e. The Morgan fingerprint density at radius 2 is 1.88 bits per heavy atom. The van der Waals surface area contributed by atoms with E-state index in [1.165, 1.54) is 17.3 Å². The number of morpholine rings is 1. The average molecular weight is 374 g/mol. The molecule has 0 bridgehead atoms. The van der Waals surface area contributed by atoms with Gasteiger partial charge in [-0.2, -0.15) is 0 Å². The first-order valence-corrected chi connectivity index (χ1v) is 10.1. The quantitative estimate of drug-likeness (QED) is 0.750. The Labute approximate surface area is 159 Å². The molecule has 2 aromatic rings. The van der Waals surface area contributed by atoms with Crippen molar-refractivity contribution in [2.24, 2.45) is 0 Å². The van der Waals surface area contributed by atoms with E-state index < -0.39 is 0 Å². The van der Waals surface area contributed by atoms with Crippen LogP contribution in [0.15, 0.2) is 41.8 Å². The van der Waals surface area contributed by atoms with Gasteiger partial charge in [0.25, 0.3) is 0 Å². The molecule has 0 N–H and O–H groups in total. The number of hydrogen-bond acceptors (Lipinski definition) is 4. The van der Waals surface area contributed by atoms with Crippen LogP contribution in [0.2, 0.25) is 0 Å². The number of hydrogen-bond donors (Lipinski definition) is 0. The van der Waals surface area contributed by atoms with Crippen LogP contribution >= 0.6 is 11.8 Å². The largest absolute Gasteiger partial charge is 0.372 e. The fraction of sp³-hybridized carbons (Fsp3) is 0.500. The lowest BCUT2D eigenvalue weighted by molar-refractivity contribution is -0.140. The number of benzene rings is 1. The lowest BCUT2D eigenvalue weighted by atomic mass is 10.0. The van der Waals surface area contributed by atoms with Gasteiger partial charge in [-0.25, -0.2) is 4.98 Å². The summed E-state index contributed by atoms with van der Waals surface area (Å²) in [6.45, 7) is 9.72. The highest BCUT2D eigenvalue weighted by atomic mass is 32.2. The summed E-state index contributed by atoms with van der Waals surface area (Å²) < 4.78 is 7.74. The number of imidazole rings is 1. The minimum Gasteiger partial charge on any atom is -0.372 e. The molecule has 1 aliphatic rings. The molecule has 1 fully saturated rings. The molecule has 1 saturated heterocycles. The molecule has 26 heavy (non-hydrogen) atoms. The Bertz CT molecular complexity index is 732. The zero-order valence-electron chi connectivity index (χ0n) is 15.9. The normalized spacial score (nSPS) is 20.6. The molecule has 6 heteroatoms. The molecule has 2 atom stereocenters. The third-order valence-electron chi connectivity index (χ3n) is 4.54. The molecule has 0 radical (unpaired) electrons. The van der Waals surface area contributed by atoms with Gasteiger partial charge < -0.3 is 9.64 Å². The molecule has 1 aliphatic heterocycles. The van der Waals surface area contributed by atoms with Crippen molar-refractivity contribution in [1.29, 1.82) is 0 Å². The molecule has 0 spiro atoms. The predicted molar refractivity (Wildman–Crippen MR) is 105 cm³/mol. The van der Waals surface area contributed by atoms with E-state index in [2.05, 4.69) is 43.1 Å². The van der Waals surface area contributed by atoms with Crippen molar-refractivity contribution in [3.05, 3.63) is 42.2 Å². The summed E-state index contributed by atoms with van der Waals surface area (Å²) in [6.07, 6.45) is 3.90. The van der Waals surface area contributed by atoms with Crippen LogP contribution in [0.3, 0.4) is 0 Å². The van der Waals surface area contributed by atoms with E-state index in [-0.39, 0.29) is 18.1 Å². The SMILES string of the molecule is CC1CN(C(=O)CSc2nccn2-c2ccc(C(C)C)cc2)CC(C)O1. The Balaban J connectivity index is 1.64. The summed E-state index contributed by atoms with van der Waals surface area (Å²) in [5, 5.41) is 0.838. The van der Waals surface area contributed by atoms with Gasteiger partial charge in [-0.3, -0.25) is 9.36 Å². The molecule has 0 aliphatic carbocycles. The van der Waals surface area contributed by atoms with Crippen molar-refractivity contribution in [2.45, 2.75) is 51.0 Å². The Hall–Kier alpha value is -1.79. The Morgan fingerprint density at radius 3 is 2.50 bits per heavy atom. The van der Waals surface area contributed by atoms with Crippen molar-refractivity contribution in [3.63, 3.8) is 0 Å². The highest BCUT2D eigenvalue weighted by Crippen LogP contribution is 2.23. The molecule has 2 unspecified atom stereocenters. The second-order valence-electron chi connectivity index (χ2n) is 7.17. The van der Waals surface area contributed by atoms with Crippen LogP contribution < -0.4 is 0 Å². The third kappa shape index (κ3) is 4.48. The highest BCUT2D eigenvalue weighted by molar-refractivity contribution is 7.99. The van der Waals surface area contributed by atoms with E-state index in [1.54, 1.807) is 6.20 Å². The second kappa shape index (κ2) is 8.27. The number of carbonyl (C=O) groups excluding carboxylic acids is 1. The third-order valence-corrected chi connectivity index (χ3v) is 5.49. The summed E-state index contributed by atoms with van der Waals surface area (Å²) in [6, 6.07) is 8.51. The molecule has 0 saturated carbocycles. The van der Waals surface area contributed by atoms with Gasteiger partial charge in [0.05, 0.1) is 18.0 Å². The first-order valence-electron chi connectivity index (χ1n) is 9.13. The van der Waals surface area contributed by atoms with Crippen molar-refractivity contribution >= 4 is 17.7 Å². The van der Waals surface area contributed by atoms with Crippen molar-refractivity contribution in [1.82, 2.24) is 14.5 Å². The number of rotatable bonds is 5. The Morgan fingerprint density at radius 1 is 1.23 bits per heavy atom. The standard InChI is InChI=1S/C20H27N3O2S/c1-14(2)17-5-7-18(8-6-17)23-10-9-21-20(23)26-13-19(24)22-11-15(3)25-16(4)12-22/h5-10,14-16H,11-13H2,1-4H3. The first-order chi connectivity index (χ1) is 12.4. The molecule has 140 valence electrons. The molecule has 1 aromatic heterocycles. The lowest BCUT2D eigenvalue weighted by Crippen LogP contribution is -2.48. The number of thioether (sulfide) groups is 1. The van der Waals surface area contributed by atoms with E-state index in [0.29, 0.717) is 24.8 Å². The first kappa shape index (κ1) is 19.0. The summed E-state index contributed by atoms with van der Waals surface area (Å²) in [5.74, 6) is 1.04. The number of amides is 1. The van der Waals surface area contributed by atoms with E-state index >= 15 is 0 Å². The maximum absolute atomic E-state index is 12.6. The van der Waals surface area contributed by atoms with Crippen LogP contribution in [0.1, 0.15) is 39.2 Å². The summed E-state index contributed by atoms with van der Waals surface area (Å²) >= 11 is 1.48. The smallest absolute Gasteiger partial charge is 0.233 e. The Kier molecular flexibility index (Phi) is 6.04. The molecule has 2 heterocycles. The van der Waals surface area contributed by atoms with Gasteiger partial charge in [-0.05, 0) is 37.5 Å². The summed E-state index contributed by atoms with van der Waals surface area (Å²) in [5.41, 5.74) is 2.38. The minimum absolute atomic E-state index is 0.0918. The van der Waals surface area contributed by atoms with Gasteiger partial charge >= 0.3 is 0 Å². The summed E-state index contributed by atoms with van der Waals surface area (Å²) in [4.78, 5) is 18.9. The molecule has 1 amide bonds. The van der Waals surface area contributed by atoms with Gasteiger partial charge in [0.2, 0.25) is 5.91 Å². The average Bonchev–Trinajstić information content (AvgIpc) is 3.07. The maximum atomic E-state index is 12.6. The number of ether oxygens (including phenoxy) is 1. The van der Waals surface area contributed by atoms with Crippen LogP contribution in [-0.4, -0.2) is 51.4 Å². The van der Waals surface area contributed by atoms with Crippen LogP contribution in [0.4, 0.5) is 0 Å². The van der Waals surface area contributed by atoms with Gasteiger partial charge in [0, 0.05) is 31.2 Å². The van der Waals surface area contributed by atoms with Crippen LogP contribution in [0.5, 0.6) is 0 Å². The zero-order valence-corrected chi connectivity index (χ0v) is 16.7. The van der Waals surface area contributed by atoms with E-state index in [4.69, 9.17) is 4.74 Å². The number of nitrogens with zero attached hydrogens (tertiary/aromatic N) is 3. The molecular weight excluding hydrogens is 346 g/mol. The van der Waals surface area contributed by atoms with Crippen molar-refractivity contribution in [2.75, 3.05) is 18.8 Å². The monoisotopic (exact) mass is 373 g/mol. The molecule has 1 aromatic carbocycles. The highest BCUT2D eigenvalue weighted by Gasteiger charge is 2.26. The number of aromatic nitrogens is 2. The predicted octanol–water partition coefficient (Wildman–Crippen LogP) is 3.72. The van der Waals surface area contributed by atoms with E-state index in [1.807, 2.05) is 29.5 Å². The van der Waals surface area contributed by atoms with Crippen LogP contribution in [0, 0.1) is 0 Å². The second-order valence-corrected chi connectivity index (χ2v) is 8.11. The van der Waals surface area contributed by atoms with E-state index in [0.717, 1.165) is 10.8 Å². The molecule has 5 nitrogen and oxygen atoms in total. The van der Waals surface area contributed by atoms with Crippen molar-refractivity contribution in [3.8, 4) is 5.69 Å². The van der Waals surface area contributed by atoms with E-state index in [9.17, 15) is 4.79 Å². The molecule has 3 rings (SSSR count). The fourth-order valence-corrected chi connectivity index (χ4v) is 4.09. The fourth-order valence-electron chi connectivity index (χ4n) is 3.21. The van der Waals surface area contributed by atoms with Gasteiger partial charge in [-0.15, -0.1) is 0 Å². The van der Waals surface area contributed by atoms with Crippen LogP contribution in [-0.2, 0) is 9.53 Å². The zero-order chi connectivity index (χ0) is 18.7.